The zero-order chi connectivity index (χ0) is 12.8. The van der Waals surface area contributed by atoms with Crippen LogP contribution in [0.1, 0.15) is 17.6 Å². The van der Waals surface area contributed by atoms with Crippen LogP contribution in [0.3, 0.4) is 0 Å². The molecular formula is C11H14N2O3S. The van der Waals surface area contributed by atoms with Crippen LogP contribution in [0.25, 0.3) is 6.08 Å². The molecule has 2 N–H and O–H groups in total. The van der Waals surface area contributed by atoms with Gasteiger partial charge in [-0.2, -0.15) is 0 Å². The van der Waals surface area contributed by atoms with Crippen LogP contribution in [-0.4, -0.2) is 28.5 Å². The van der Waals surface area contributed by atoms with E-state index in [9.17, 15) is 9.59 Å². The molecule has 1 atom stereocenters. The molecule has 92 valence electrons. The van der Waals surface area contributed by atoms with E-state index in [2.05, 4.69) is 10.3 Å². The second-order valence-corrected chi connectivity index (χ2v) is 4.67. The zero-order valence-electron chi connectivity index (χ0n) is 9.64. The highest BCUT2D eigenvalue weighted by atomic mass is 32.1. The number of hydrogen-bond acceptors (Lipinski definition) is 4. The lowest BCUT2D eigenvalue weighted by Gasteiger charge is -2.05. The van der Waals surface area contributed by atoms with Crippen LogP contribution < -0.4 is 5.32 Å². The van der Waals surface area contributed by atoms with Gasteiger partial charge in [0.2, 0.25) is 5.91 Å². The average Bonchev–Trinajstić information content (AvgIpc) is 2.69. The molecule has 0 radical (unpaired) electrons. The zero-order valence-corrected chi connectivity index (χ0v) is 10.5. The van der Waals surface area contributed by atoms with E-state index in [0.717, 1.165) is 10.7 Å². The molecule has 17 heavy (non-hydrogen) atoms. The summed E-state index contributed by atoms with van der Waals surface area (Å²) in [7, 11) is 0. The van der Waals surface area contributed by atoms with E-state index in [1.165, 1.54) is 24.3 Å². The topological polar surface area (TPSA) is 79.3 Å². The fourth-order valence-corrected chi connectivity index (χ4v) is 1.60. The largest absolute Gasteiger partial charge is 0.481 e. The summed E-state index contributed by atoms with van der Waals surface area (Å²) in [4.78, 5) is 26.0. The molecule has 0 bridgehead atoms. The summed E-state index contributed by atoms with van der Waals surface area (Å²) in [5, 5.41) is 13.9. The highest BCUT2D eigenvalue weighted by Crippen LogP contribution is 2.08. The molecule has 1 aromatic rings. The number of rotatable bonds is 5. The minimum Gasteiger partial charge on any atom is -0.481 e. The number of amides is 1. The maximum absolute atomic E-state index is 11.3. The number of carbonyl (C=O) groups excluding carboxylic acids is 1. The van der Waals surface area contributed by atoms with Gasteiger partial charge >= 0.3 is 5.97 Å². The van der Waals surface area contributed by atoms with E-state index in [4.69, 9.17) is 5.11 Å². The molecule has 0 fully saturated rings. The van der Waals surface area contributed by atoms with Crippen molar-refractivity contribution in [1.29, 1.82) is 0 Å². The van der Waals surface area contributed by atoms with Crippen LogP contribution in [0.2, 0.25) is 0 Å². The lowest BCUT2D eigenvalue weighted by atomic mass is 10.2. The number of aliphatic carboxylic acids is 1. The van der Waals surface area contributed by atoms with E-state index >= 15 is 0 Å². The smallest absolute Gasteiger partial charge is 0.308 e. The van der Waals surface area contributed by atoms with Crippen molar-refractivity contribution >= 4 is 29.3 Å². The molecule has 0 saturated heterocycles. The summed E-state index contributed by atoms with van der Waals surface area (Å²) in [6.07, 6.45) is 2.95. The molecule has 0 aliphatic rings. The number of aryl methyl sites for hydroxylation is 1. The van der Waals surface area contributed by atoms with Crippen molar-refractivity contribution in [2.45, 2.75) is 13.8 Å². The van der Waals surface area contributed by atoms with Crippen molar-refractivity contribution in [3.63, 3.8) is 0 Å². The Kier molecular flexibility index (Phi) is 4.84. The molecule has 6 heteroatoms. The van der Waals surface area contributed by atoms with Gasteiger partial charge in [-0.15, -0.1) is 11.3 Å². The first-order chi connectivity index (χ1) is 7.99. The molecule has 1 aromatic heterocycles. The molecule has 0 aliphatic carbocycles. The van der Waals surface area contributed by atoms with Crippen molar-refractivity contribution in [3.8, 4) is 0 Å². The fourth-order valence-electron chi connectivity index (χ4n) is 1.02. The number of carboxylic acids is 1. The summed E-state index contributed by atoms with van der Waals surface area (Å²) in [6.45, 7) is 3.54. The van der Waals surface area contributed by atoms with Gasteiger partial charge in [0.05, 0.1) is 16.6 Å². The second-order valence-electron chi connectivity index (χ2n) is 3.61. The van der Waals surface area contributed by atoms with Gasteiger partial charge in [-0.1, -0.05) is 6.92 Å². The fraction of sp³-hybridized carbons (Fsp3) is 0.364. The molecule has 1 heterocycles. The van der Waals surface area contributed by atoms with Gasteiger partial charge < -0.3 is 10.4 Å². The Hall–Kier alpha value is -1.69. The maximum atomic E-state index is 11.3. The predicted molar refractivity (Wildman–Crippen MR) is 65.7 cm³/mol. The third-order valence-corrected chi connectivity index (χ3v) is 2.84. The van der Waals surface area contributed by atoms with E-state index in [1.54, 1.807) is 6.08 Å². The first-order valence-electron chi connectivity index (χ1n) is 5.10. The third-order valence-electron chi connectivity index (χ3n) is 2.05. The number of aromatic nitrogens is 1. The summed E-state index contributed by atoms with van der Waals surface area (Å²) in [5.74, 6) is -1.83. The van der Waals surface area contributed by atoms with E-state index in [1.807, 2.05) is 12.3 Å². The molecule has 0 saturated carbocycles. The molecule has 1 rings (SSSR count). The van der Waals surface area contributed by atoms with Gasteiger partial charge in [-0.3, -0.25) is 9.59 Å². The first-order valence-corrected chi connectivity index (χ1v) is 5.98. The number of carbonyl (C=O) groups is 2. The number of nitrogens with zero attached hydrogens (tertiary/aromatic N) is 1. The molecule has 1 amide bonds. The van der Waals surface area contributed by atoms with Crippen LogP contribution in [0.5, 0.6) is 0 Å². The highest BCUT2D eigenvalue weighted by molar-refractivity contribution is 7.09. The number of hydrogen-bond donors (Lipinski definition) is 2. The van der Waals surface area contributed by atoms with E-state index < -0.39 is 11.9 Å². The van der Waals surface area contributed by atoms with Crippen molar-refractivity contribution < 1.29 is 14.7 Å². The first kappa shape index (κ1) is 13.4. The summed E-state index contributed by atoms with van der Waals surface area (Å²) >= 11 is 1.51. The Morgan fingerprint density at radius 1 is 1.65 bits per heavy atom. The maximum Gasteiger partial charge on any atom is 0.308 e. The number of thiazole rings is 1. The van der Waals surface area contributed by atoms with Crippen LogP contribution >= 0.6 is 11.3 Å². The minimum absolute atomic E-state index is 0.120. The van der Waals surface area contributed by atoms with E-state index in [-0.39, 0.29) is 12.5 Å². The van der Waals surface area contributed by atoms with Gasteiger partial charge in [-0.05, 0) is 13.0 Å². The van der Waals surface area contributed by atoms with Crippen LogP contribution in [-0.2, 0) is 9.59 Å². The van der Waals surface area contributed by atoms with Crippen LogP contribution in [0.15, 0.2) is 11.5 Å². The van der Waals surface area contributed by atoms with Crippen LogP contribution in [0, 0.1) is 12.8 Å². The summed E-state index contributed by atoms with van der Waals surface area (Å²) < 4.78 is 0. The molecular weight excluding hydrogens is 240 g/mol. The average molecular weight is 254 g/mol. The summed E-state index contributed by atoms with van der Waals surface area (Å²) in [5.41, 5.74) is 0.730. The Balaban J connectivity index is 2.39. The third kappa shape index (κ3) is 4.78. The van der Waals surface area contributed by atoms with Gasteiger partial charge in [0.1, 0.15) is 0 Å². The van der Waals surface area contributed by atoms with Crippen molar-refractivity contribution in [1.82, 2.24) is 10.3 Å². The molecule has 5 nitrogen and oxygen atoms in total. The van der Waals surface area contributed by atoms with Crippen molar-refractivity contribution in [2.75, 3.05) is 6.54 Å². The van der Waals surface area contributed by atoms with Crippen LogP contribution in [0.4, 0.5) is 0 Å². The lowest BCUT2D eigenvalue weighted by molar-refractivity contribution is -0.141. The lowest BCUT2D eigenvalue weighted by Crippen LogP contribution is -2.30. The second kappa shape index (κ2) is 6.15. The highest BCUT2D eigenvalue weighted by Gasteiger charge is 2.10. The normalized spacial score (nSPS) is 12.6. The van der Waals surface area contributed by atoms with Gasteiger partial charge in [0.15, 0.2) is 0 Å². The molecule has 1 unspecified atom stereocenters. The van der Waals surface area contributed by atoms with Gasteiger partial charge in [0.25, 0.3) is 0 Å². The SMILES string of the molecule is Cc1nc(C=CC(=O)NCC(C)C(=O)O)cs1. The Bertz CT molecular complexity index is 440. The Labute approximate surface area is 103 Å². The Morgan fingerprint density at radius 3 is 2.88 bits per heavy atom. The monoisotopic (exact) mass is 254 g/mol. The minimum atomic E-state index is -0.926. The van der Waals surface area contributed by atoms with E-state index in [0.29, 0.717) is 0 Å². The molecule has 0 spiro atoms. The Morgan fingerprint density at radius 2 is 2.35 bits per heavy atom. The van der Waals surface area contributed by atoms with Crippen molar-refractivity contribution in [2.24, 2.45) is 5.92 Å². The predicted octanol–water partition coefficient (Wildman–Crippen LogP) is 1.30. The van der Waals surface area contributed by atoms with Gasteiger partial charge in [-0.25, -0.2) is 4.98 Å². The van der Waals surface area contributed by atoms with Crippen molar-refractivity contribution in [3.05, 3.63) is 22.2 Å². The molecule has 0 aliphatic heterocycles. The number of carboxylic acid groups (broad SMARTS) is 1. The number of nitrogens with one attached hydrogen (secondary N) is 1. The van der Waals surface area contributed by atoms with Gasteiger partial charge in [0, 0.05) is 18.0 Å². The quantitative estimate of drug-likeness (QED) is 0.776. The molecule has 0 aromatic carbocycles. The summed E-state index contributed by atoms with van der Waals surface area (Å²) in [6, 6.07) is 0. The standard InChI is InChI=1S/C11H14N2O3S/c1-7(11(15)16)5-12-10(14)4-3-9-6-17-8(2)13-9/h3-4,6-7H,5H2,1-2H3,(H,12,14)(H,15,16).